The van der Waals surface area contributed by atoms with Gasteiger partial charge >= 0.3 is 5.97 Å². The van der Waals surface area contributed by atoms with Crippen LogP contribution in [0.1, 0.15) is 25.3 Å². The highest BCUT2D eigenvalue weighted by molar-refractivity contribution is 5.74. The molecule has 1 heterocycles. The van der Waals surface area contributed by atoms with Crippen molar-refractivity contribution in [3.05, 3.63) is 39.9 Å². The van der Waals surface area contributed by atoms with Gasteiger partial charge in [-0.3, -0.25) is 19.8 Å². The standard InChI is InChI=1S/C14H18N2O4/c1-14(13(17)18)6-8-15(9-7-14)10-11-2-4-12(5-3-11)16(19)20/h2-5H,6-10H2,1H3,(H,17,18). The van der Waals surface area contributed by atoms with Crippen LogP contribution in [-0.2, 0) is 11.3 Å². The van der Waals surface area contributed by atoms with Gasteiger partial charge < -0.3 is 5.11 Å². The van der Waals surface area contributed by atoms with E-state index in [0.29, 0.717) is 19.4 Å². The minimum absolute atomic E-state index is 0.0887. The highest BCUT2D eigenvalue weighted by Gasteiger charge is 2.36. The molecule has 1 aromatic carbocycles. The first kappa shape index (κ1) is 14.5. The molecular formula is C14H18N2O4. The van der Waals surface area contributed by atoms with Gasteiger partial charge in [0.1, 0.15) is 0 Å². The smallest absolute Gasteiger partial charge is 0.309 e. The maximum Gasteiger partial charge on any atom is 0.309 e. The van der Waals surface area contributed by atoms with Crippen LogP contribution in [0, 0.1) is 15.5 Å². The number of carboxylic acids is 1. The largest absolute Gasteiger partial charge is 0.481 e. The van der Waals surface area contributed by atoms with Crippen LogP contribution in [0.25, 0.3) is 0 Å². The summed E-state index contributed by atoms with van der Waals surface area (Å²) in [5, 5.41) is 19.8. The highest BCUT2D eigenvalue weighted by Crippen LogP contribution is 2.31. The average molecular weight is 278 g/mol. The number of hydrogen-bond acceptors (Lipinski definition) is 4. The number of piperidine rings is 1. The van der Waals surface area contributed by atoms with Crippen molar-refractivity contribution in [3.63, 3.8) is 0 Å². The Hall–Kier alpha value is -1.95. The van der Waals surface area contributed by atoms with Crippen molar-refractivity contribution in [2.45, 2.75) is 26.3 Å². The lowest BCUT2D eigenvalue weighted by atomic mass is 9.80. The number of nitro benzene ring substituents is 1. The molecule has 0 bridgehead atoms. The van der Waals surface area contributed by atoms with Gasteiger partial charge in [0.25, 0.3) is 5.69 Å². The van der Waals surface area contributed by atoms with E-state index in [-0.39, 0.29) is 5.69 Å². The van der Waals surface area contributed by atoms with Gasteiger partial charge in [0.15, 0.2) is 0 Å². The third-order valence-electron chi connectivity index (χ3n) is 4.03. The van der Waals surface area contributed by atoms with E-state index >= 15 is 0 Å². The first-order valence-corrected chi connectivity index (χ1v) is 6.60. The number of aliphatic carboxylic acids is 1. The van der Waals surface area contributed by atoms with Gasteiger partial charge in [-0.25, -0.2) is 0 Å². The molecule has 108 valence electrons. The Morgan fingerprint density at radius 2 is 1.90 bits per heavy atom. The minimum Gasteiger partial charge on any atom is -0.481 e. The minimum atomic E-state index is -0.729. The van der Waals surface area contributed by atoms with Crippen molar-refractivity contribution in [2.75, 3.05) is 13.1 Å². The summed E-state index contributed by atoms with van der Waals surface area (Å²) in [6.45, 7) is 3.96. The van der Waals surface area contributed by atoms with Gasteiger partial charge in [-0.2, -0.15) is 0 Å². The summed E-state index contributed by atoms with van der Waals surface area (Å²) in [6, 6.07) is 6.51. The summed E-state index contributed by atoms with van der Waals surface area (Å²) in [4.78, 5) is 23.5. The van der Waals surface area contributed by atoms with Crippen LogP contribution in [0.15, 0.2) is 24.3 Å². The predicted octanol–water partition coefficient (Wildman–Crippen LogP) is 2.28. The third kappa shape index (κ3) is 3.14. The number of hydrogen-bond donors (Lipinski definition) is 1. The van der Waals surface area contributed by atoms with Crippen molar-refractivity contribution in [2.24, 2.45) is 5.41 Å². The topological polar surface area (TPSA) is 83.7 Å². The Morgan fingerprint density at radius 3 is 2.35 bits per heavy atom. The van der Waals surface area contributed by atoms with Gasteiger partial charge in [0, 0.05) is 18.7 Å². The zero-order valence-electron chi connectivity index (χ0n) is 11.4. The Kier molecular flexibility index (Phi) is 4.04. The molecule has 0 amide bonds. The van der Waals surface area contributed by atoms with Crippen LogP contribution in [-0.4, -0.2) is 34.0 Å². The first-order valence-electron chi connectivity index (χ1n) is 6.60. The molecule has 0 saturated carbocycles. The van der Waals surface area contributed by atoms with Crippen molar-refractivity contribution >= 4 is 11.7 Å². The van der Waals surface area contributed by atoms with E-state index in [1.807, 2.05) is 0 Å². The summed E-state index contributed by atoms with van der Waals surface area (Å²) in [5.41, 5.74) is 0.478. The van der Waals surface area contributed by atoms with Crippen LogP contribution in [0.2, 0.25) is 0 Å². The van der Waals surface area contributed by atoms with Gasteiger partial charge in [0.05, 0.1) is 10.3 Å². The van der Waals surface area contributed by atoms with Crippen molar-refractivity contribution in [3.8, 4) is 0 Å². The molecule has 0 unspecified atom stereocenters. The Bertz CT molecular complexity index is 504. The van der Waals surface area contributed by atoms with E-state index in [9.17, 15) is 20.0 Å². The Balaban J connectivity index is 1.92. The van der Waals surface area contributed by atoms with E-state index in [4.69, 9.17) is 0 Å². The van der Waals surface area contributed by atoms with Crippen LogP contribution < -0.4 is 0 Å². The molecule has 6 heteroatoms. The third-order valence-corrected chi connectivity index (χ3v) is 4.03. The lowest BCUT2D eigenvalue weighted by Crippen LogP contribution is -2.42. The number of non-ortho nitro benzene ring substituents is 1. The van der Waals surface area contributed by atoms with E-state index in [0.717, 1.165) is 18.7 Å². The number of likely N-dealkylation sites (tertiary alicyclic amines) is 1. The first-order chi connectivity index (χ1) is 9.40. The molecule has 0 atom stereocenters. The zero-order chi connectivity index (χ0) is 14.8. The predicted molar refractivity (Wildman–Crippen MR) is 73.4 cm³/mol. The molecule has 1 fully saturated rings. The van der Waals surface area contributed by atoms with Gasteiger partial charge in [0.2, 0.25) is 0 Å². The molecule has 1 aliphatic rings. The Morgan fingerprint density at radius 1 is 1.35 bits per heavy atom. The number of rotatable bonds is 4. The molecule has 0 aliphatic carbocycles. The fourth-order valence-electron chi connectivity index (χ4n) is 2.40. The summed E-state index contributed by atoms with van der Waals surface area (Å²) in [5.74, 6) is -0.729. The van der Waals surface area contributed by atoms with E-state index in [1.165, 1.54) is 12.1 Å². The molecule has 20 heavy (non-hydrogen) atoms. The molecule has 1 N–H and O–H groups in total. The molecule has 0 spiro atoms. The van der Waals surface area contributed by atoms with E-state index in [1.54, 1.807) is 19.1 Å². The number of carbonyl (C=O) groups is 1. The van der Waals surface area contributed by atoms with Crippen LogP contribution in [0.3, 0.4) is 0 Å². The maximum atomic E-state index is 11.2. The summed E-state index contributed by atoms with van der Waals surface area (Å²) in [6.07, 6.45) is 1.27. The van der Waals surface area contributed by atoms with Crippen molar-refractivity contribution < 1.29 is 14.8 Å². The summed E-state index contributed by atoms with van der Waals surface area (Å²) in [7, 11) is 0. The summed E-state index contributed by atoms with van der Waals surface area (Å²) >= 11 is 0. The lowest BCUT2D eigenvalue weighted by Gasteiger charge is -2.36. The van der Waals surface area contributed by atoms with Gasteiger partial charge in [-0.1, -0.05) is 12.1 Å². The van der Waals surface area contributed by atoms with Crippen LogP contribution >= 0.6 is 0 Å². The average Bonchev–Trinajstić information content (AvgIpc) is 2.42. The second-order valence-corrected chi connectivity index (χ2v) is 5.57. The lowest BCUT2D eigenvalue weighted by molar-refractivity contribution is -0.384. The SMILES string of the molecule is CC1(C(=O)O)CCN(Cc2ccc([N+](=O)[O-])cc2)CC1. The second-order valence-electron chi connectivity index (χ2n) is 5.57. The Labute approximate surface area is 117 Å². The van der Waals surface area contributed by atoms with Crippen LogP contribution in [0.4, 0.5) is 5.69 Å². The molecule has 2 rings (SSSR count). The monoisotopic (exact) mass is 278 g/mol. The molecule has 1 aliphatic heterocycles. The summed E-state index contributed by atoms with van der Waals surface area (Å²) < 4.78 is 0. The van der Waals surface area contributed by atoms with Gasteiger partial charge in [-0.05, 0) is 38.4 Å². The fraction of sp³-hybridized carbons (Fsp3) is 0.500. The van der Waals surface area contributed by atoms with E-state index < -0.39 is 16.3 Å². The number of nitro groups is 1. The van der Waals surface area contributed by atoms with Crippen LogP contribution in [0.5, 0.6) is 0 Å². The van der Waals surface area contributed by atoms with Crippen molar-refractivity contribution in [1.29, 1.82) is 0 Å². The fourth-order valence-corrected chi connectivity index (χ4v) is 2.40. The number of carboxylic acid groups (broad SMARTS) is 1. The molecular weight excluding hydrogens is 260 g/mol. The molecule has 6 nitrogen and oxygen atoms in total. The molecule has 0 aromatic heterocycles. The highest BCUT2D eigenvalue weighted by atomic mass is 16.6. The number of benzene rings is 1. The normalized spacial score (nSPS) is 18.6. The second kappa shape index (κ2) is 5.58. The molecule has 1 aromatic rings. The number of nitrogens with zero attached hydrogens (tertiary/aromatic N) is 2. The van der Waals surface area contributed by atoms with E-state index in [2.05, 4.69) is 4.90 Å². The van der Waals surface area contributed by atoms with Crippen molar-refractivity contribution in [1.82, 2.24) is 4.90 Å². The molecule has 1 saturated heterocycles. The maximum absolute atomic E-state index is 11.2. The quantitative estimate of drug-likeness (QED) is 0.674. The molecule has 0 radical (unpaired) electrons. The van der Waals surface area contributed by atoms with Gasteiger partial charge in [-0.15, -0.1) is 0 Å². The zero-order valence-corrected chi connectivity index (χ0v) is 11.4.